The van der Waals surface area contributed by atoms with Crippen LogP contribution >= 0.6 is 11.6 Å². The van der Waals surface area contributed by atoms with Crippen LogP contribution in [0.5, 0.6) is 0 Å². The fourth-order valence-corrected chi connectivity index (χ4v) is 0.879. The van der Waals surface area contributed by atoms with E-state index in [0.717, 1.165) is 5.01 Å². The summed E-state index contributed by atoms with van der Waals surface area (Å²) in [6.45, 7) is 3.25. The molecule has 0 bridgehead atoms. The Morgan fingerprint density at radius 2 is 2.00 bits per heavy atom. The number of rotatable bonds is 2. The van der Waals surface area contributed by atoms with Gasteiger partial charge in [0, 0.05) is 11.7 Å². The van der Waals surface area contributed by atoms with Crippen LogP contribution in [0.1, 0.15) is 0 Å². The van der Waals surface area contributed by atoms with Gasteiger partial charge in [0.1, 0.15) is 0 Å². The van der Waals surface area contributed by atoms with Crippen molar-refractivity contribution in [3.63, 3.8) is 0 Å². The van der Waals surface area contributed by atoms with Gasteiger partial charge in [-0.2, -0.15) is 15.4 Å². The molecule has 1 aromatic carbocycles. The van der Waals surface area contributed by atoms with Crippen molar-refractivity contribution in [1.82, 2.24) is 0 Å². The third-order valence-electron chi connectivity index (χ3n) is 1.31. The van der Waals surface area contributed by atoms with Gasteiger partial charge in [0.15, 0.2) is 0 Å². The molecule has 0 heterocycles. The quantitative estimate of drug-likeness (QED) is 0.302. The summed E-state index contributed by atoms with van der Waals surface area (Å²) < 4.78 is 0. The largest absolute Gasteiger partial charge is 0.206 e. The van der Waals surface area contributed by atoms with E-state index in [2.05, 4.69) is 11.8 Å². The Kier molecular flexibility index (Phi) is 2.67. The van der Waals surface area contributed by atoms with Crippen LogP contribution in [-0.4, -0.2) is 6.72 Å². The van der Waals surface area contributed by atoms with Gasteiger partial charge in [0.2, 0.25) is 6.19 Å². The van der Waals surface area contributed by atoms with E-state index in [9.17, 15) is 0 Å². The summed E-state index contributed by atoms with van der Waals surface area (Å²) in [5.74, 6) is 0. The first-order chi connectivity index (χ1) is 5.77. The molecule has 3 nitrogen and oxygen atoms in total. The minimum atomic E-state index is 0.626. The van der Waals surface area contributed by atoms with E-state index in [0.29, 0.717) is 10.7 Å². The molecule has 0 saturated carbocycles. The fourth-order valence-electron chi connectivity index (χ4n) is 0.753. The number of nitrogens with zero attached hydrogens (tertiary/aromatic N) is 3. The van der Waals surface area contributed by atoms with E-state index in [-0.39, 0.29) is 0 Å². The first-order valence-electron chi connectivity index (χ1n) is 3.20. The average Bonchev–Trinajstić information content (AvgIpc) is 2.10. The molecule has 0 fully saturated rings. The number of halogens is 1. The molecule has 60 valence electrons. The van der Waals surface area contributed by atoms with E-state index < -0.39 is 0 Å². The Morgan fingerprint density at radius 1 is 1.42 bits per heavy atom. The number of hydrazone groups is 1. The van der Waals surface area contributed by atoms with Gasteiger partial charge in [0.05, 0.1) is 5.69 Å². The zero-order valence-corrected chi connectivity index (χ0v) is 6.99. The van der Waals surface area contributed by atoms with Crippen molar-refractivity contribution in [3.8, 4) is 6.19 Å². The molecule has 12 heavy (non-hydrogen) atoms. The summed E-state index contributed by atoms with van der Waals surface area (Å²) in [6.07, 6.45) is 1.85. The number of anilines is 1. The van der Waals surface area contributed by atoms with Crippen LogP contribution in [0.25, 0.3) is 0 Å². The van der Waals surface area contributed by atoms with Crippen molar-refractivity contribution in [2.24, 2.45) is 5.10 Å². The molecule has 0 aliphatic rings. The molecule has 0 aliphatic carbocycles. The fraction of sp³-hybridized carbons (Fsp3) is 0. The molecule has 0 spiro atoms. The van der Waals surface area contributed by atoms with Gasteiger partial charge in [0.25, 0.3) is 0 Å². The van der Waals surface area contributed by atoms with Gasteiger partial charge >= 0.3 is 0 Å². The van der Waals surface area contributed by atoms with E-state index in [1.165, 1.54) is 0 Å². The van der Waals surface area contributed by atoms with E-state index in [4.69, 9.17) is 16.9 Å². The van der Waals surface area contributed by atoms with E-state index in [1.54, 1.807) is 24.3 Å². The topological polar surface area (TPSA) is 39.4 Å². The molecule has 0 atom stereocenters. The molecule has 4 heteroatoms. The highest BCUT2D eigenvalue weighted by molar-refractivity contribution is 6.30. The minimum Gasteiger partial charge on any atom is -0.174 e. The molecule has 0 aromatic heterocycles. The molecule has 1 aromatic rings. The maximum atomic E-state index is 8.56. The van der Waals surface area contributed by atoms with Gasteiger partial charge in [-0.1, -0.05) is 11.6 Å². The molecule has 0 N–H and O–H groups in total. The highest BCUT2D eigenvalue weighted by Gasteiger charge is 2.00. The van der Waals surface area contributed by atoms with E-state index in [1.807, 2.05) is 6.19 Å². The molecule has 0 saturated heterocycles. The number of hydrogen-bond donors (Lipinski definition) is 0. The molecule has 0 amide bonds. The Bertz CT molecular complexity index is 312. The zero-order valence-electron chi connectivity index (χ0n) is 6.24. The Hall–Kier alpha value is -1.53. The highest BCUT2D eigenvalue weighted by atomic mass is 35.5. The second-order valence-electron chi connectivity index (χ2n) is 2.03. The lowest BCUT2D eigenvalue weighted by molar-refractivity contribution is 1.10. The van der Waals surface area contributed by atoms with Crippen LogP contribution in [0.4, 0.5) is 5.69 Å². The highest BCUT2D eigenvalue weighted by Crippen LogP contribution is 2.16. The number of benzene rings is 1. The Labute approximate surface area is 75.5 Å². The van der Waals surface area contributed by atoms with Crippen LogP contribution in [0.3, 0.4) is 0 Å². The van der Waals surface area contributed by atoms with Gasteiger partial charge in [-0.05, 0) is 24.3 Å². The van der Waals surface area contributed by atoms with Crippen molar-refractivity contribution in [3.05, 3.63) is 29.3 Å². The molecule has 0 aliphatic heterocycles. The number of hydrogen-bond acceptors (Lipinski definition) is 3. The maximum absolute atomic E-state index is 8.56. The normalized spacial score (nSPS) is 8.67. The SMILES string of the molecule is C=NN(C#N)c1ccc(Cl)cc1. The first-order valence-corrected chi connectivity index (χ1v) is 3.58. The third-order valence-corrected chi connectivity index (χ3v) is 1.56. The maximum Gasteiger partial charge on any atom is 0.206 e. The van der Waals surface area contributed by atoms with Gasteiger partial charge in [-0.25, -0.2) is 0 Å². The predicted octanol–water partition coefficient (Wildman–Crippen LogP) is 2.24. The Morgan fingerprint density at radius 3 is 2.42 bits per heavy atom. The predicted molar refractivity (Wildman–Crippen MR) is 49.1 cm³/mol. The summed E-state index contributed by atoms with van der Waals surface area (Å²) in [7, 11) is 0. The summed E-state index contributed by atoms with van der Waals surface area (Å²) >= 11 is 5.66. The second-order valence-corrected chi connectivity index (χ2v) is 2.47. The van der Waals surface area contributed by atoms with Crippen molar-refractivity contribution >= 4 is 24.0 Å². The molecule has 1 rings (SSSR count). The Balaban J connectivity index is 2.97. The molecular weight excluding hydrogens is 174 g/mol. The standard InChI is InChI=1S/C8H6ClN3/c1-11-12(6-10)8-4-2-7(9)3-5-8/h2-5H,1H2. The van der Waals surface area contributed by atoms with Crippen molar-refractivity contribution in [1.29, 1.82) is 5.26 Å². The van der Waals surface area contributed by atoms with Crippen LogP contribution in [-0.2, 0) is 0 Å². The van der Waals surface area contributed by atoms with Crippen LogP contribution in [0.2, 0.25) is 5.02 Å². The third kappa shape index (κ3) is 1.74. The smallest absolute Gasteiger partial charge is 0.174 e. The van der Waals surface area contributed by atoms with Crippen LogP contribution in [0.15, 0.2) is 29.4 Å². The molecular formula is C8H6ClN3. The summed E-state index contributed by atoms with van der Waals surface area (Å²) in [4.78, 5) is 0. The van der Waals surface area contributed by atoms with Gasteiger partial charge in [-0.3, -0.25) is 0 Å². The molecule has 0 radical (unpaired) electrons. The van der Waals surface area contributed by atoms with E-state index >= 15 is 0 Å². The number of nitriles is 1. The lowest BCUT2D eigenvalue weighted by atomic mass is 10.3. The van der Waals surface area contributed by atoms with Crippen molar-refractivity contribution in [2.75, 3.05) is 5.01 Å². The first kappa shape index (κ1) is 8.57. The summed E-state index contributed by atoms with van der Waals surface area (Å²) in [5.41, 5.74) is 0.650. The minimum absolute atomic E-state index is 0.626. The lowest BCUT2D eigenvalue weighted by Gasteiger charge is -2.06. The van der Waals surface area contributed by atoms with Crippen LogP contribution in [0, 0.1) is 11.5 Å². The second kappa shape index (κ2) is 3.74. The van der Waals surface area contributed by atoms with Crippen molar-refractivity contribution in [2.45, 2.75) is 0 Å². The van der Waals surface area contributed by atoms with Gasteiger partial charge in [-0.15, -0.1) is 0 Å². The summed E-state index contributed by atoms with van der Waals surface area (Å²) in [6, 6.07) is 6.76. The average molecular weight is 180 g/mol. The zero-order chi connectivity index (χ0) is 8.97. The molecule has 0 unspecified atom stereocenters. The van der Waals surface area contributed by atoms with Crippen LogP contribution < -0.4 is 5.01 Å². The summed E-state index contributed by atoms with van der Waals surface area (Å²) in [5, 5.41) is 13.8. The monoisotopic (exact) mass is 179 g/mol. The van der Waals surface area contributed by atoms with Crippen molar-refractivity contribution < 1.29 is 0 Å². The van der Waals surface area contributed by atoms with Gasteiger partial charge < -0.3 is 0 Å². The lowest BCUT2D eigenvalue weighted by Crippen LogP contribution is -2.05.